The van der Waals surface area contributed by atoms with Crippen molar-refractivity contribution in [3.63, 3.8) is 0 Å². The maximum atomic E-state index is 13.4. The second kappa shape index (κ2) is 10.8. The van der Waals surface area contributed by atoms with E-state index < -0.39 is 15.8 Å². The molecule has 0 aliphatic rings. The van der Waals surface area contributed by atoms with Gasteiger partial charge in [-0.2, -0.15) is 5.10 Å². The van der Waals surface area contributed by atoms with E-state index in [1.165, 1.54) is 35.3 Å². The predicted molar refractivity (Wildman–Crippen MR) is 132 cm³/mol. The van der Waals surface area contributed by atoms with E-state index >= 15 is 0 Å². The van der Waals surface area contributed by atoms with Crippen LogP contribution in [0.4, 0.5) is 0 Å². The van der Waals surface area contributed by atoms with Gasteiger partial charge in [0.05, 0.1) is 57.4 Å². The molecule has 190 valence electrons. The fourth-order valence-corrected chi connectivity index (χ4v) is 5.48. The molecule has 2 heterocycles. The molecule has 0 atom stereocenters. The first-order valence-corrected chi connectivity index (χ1v) is 12.9. The van der Waals surface area contributed by atoms with Crippen molar-refractivity contribution in [2.45, 2.75) is 30.4 Å². The van der Waals surface area contributed by atoms with E-state index in [2.05, 4.69) is 10.1 Å². The Morgan fingerprint density at radius 1 is 1.17 bits per heavy atom. The van der Waals surface area contributed by atoms with Gasteiger partial charge in [-0.15, -0.1) is 0 Å². The molecule has 10 nitrogen and oxygen atoms in total. The summed E-state index contributed by atoms with van der Waals surface area (Å²) >= 11 is 6.50. The molecule has 12 heteroatoms. The molecule has 2 aromatic carbocycles. The molecule has 0 radical (unpaired) electrons. The summed E-state index contributed by atoms with van der Waals surface area (Å²) in [5.74, 6) is -0.212. The highest BCUT2D eigenvalue weighted by Crippen LogP contribution is 2.33. The zero-order valence-corrected chi connectivity index (χ0v) is 21.5. The van der Waals surface area contributed by atoms with Crippen LogP contribution >= 0.6 is 11.6 Å². The summed E-state index contributed by atoms with van der Waals surface area (Å²) in [5, 5.41) is 4.28. The Labute approximate surface area is 213 Å². The van der Waals surface area contributed by atoms with E-state index in [0.717, 1.165) is 5.56 Å². The number of rotatable bonds is 10. The first-order chi connectivity index (χ1) is 17.3. The molecule has 36 heavy (non-hydrogen) atoms. The third-order valence-electron chi connectivity index (χ3n) is 5.32. The lowest BCUT2D eigenvalue weighted by atomic mass is 10.2. The highest BCUT2D eigenvalue weighted by molar-refractivity contribution is 7.91. The van der Waals surface area contributed by atoms with Crippen molar-refractivity contribution in [2.24, 2.45) is 0 Å². The highest BCUT2D eigenvalue weighted by Gasteiger charge is 2.25. The number of nitrogens with zero attached hydrogens (tertiary/aromatic N) is 4. The molecule has 0 aliphatic heterocycles. The van der Waals surface area contributed by atoms with Crippen molar-refractivity contribution in [3.05, 3.63) is 64.9 Å². The molecule has 2 aromatic heterocycles. The lowest BCUT2D eigenvalue weighted by Crippen LogP contribution is -2.12. The largest absolute Gasteiger partial charge is 0.462 e. The number of aryl methyl sites for hydroxylation is 1. The first kappa shape index (κ1) is 25.8. The van der Waals surface area contributed by atoms with Crippen molar-refractivity contribution in [3.8, 4) is 5.95 Å². The van der Waals surface area contributed by atoms with Crippen molar-refractivity contribution in [1.82, 2.24) is 19.3 Å². The topological polar surface area (TPSA) is 115 Å². The van der Waals surface area contributed by atoms with Gasteiger partial charge in [0.25, 0.3) is 0 Å². The third kappa shape index (κ3) is 5.14. The number of imidazole rings is 1. The number of carbonyl (C=O) groups excluding carboxylic acids is 1. The summed E-state index contributed by atoms with van der Waals surface area (Å²) in [7, 11) is -2.33. The van der Waals surface area contributed by atoms with Crippen molar-refractivity contribution >= 4 is 38.4 Å². The molecule has 0 saturated carbocycles. The van der Waals surface area contributed by atoms with Crippen LogP contribution in [0.3, 0.4) is 0 Å². The molecule has 0 aliphatic carbocycles. The minimum absolute atomic E-state index is 0.0428. The van der Waals surface area contributed by atoms with Crippen molar-refractivity contribution < 1.29 is 27.4 Å². The molecule has 0 unspecified atom stereocenters. The number of hydrogen-bond acceptors (Lipinski definition) is 8. The Kier molecular flexibility index (Phi) is 7.74. The fourth-order valence-electron chi connectivity index (χ4n) is 3.58. The molecule has 4 rings (SSSR count). The zero-order valence-electron chi connectivity index (χ0n) is 20.0. The molecular weight excluding hydrogens is 508 g/mol. The first-order valence-electron chi connectivity index (χ1n) is 11.1. The van der Waals surface area contributed by atoms with E-state index in [-0.39, 0.29) is 33.7 Å². The maximum absolute atomic E-state index is 13.4. The lowest BCUT2D eigenvalue weighted by Gasteiger charge is -2.11. The third-order valence-corrected chi connectivity index (χ3v) is 7.54. The van der Waals surface area contributed by atoms with Gasteiger partial charge in [0.2, 0.25) is 15.8 Å². The second-order valence-electron chi connectivity index (χ2n) is 7.86. The van der Waals surface area contributed by atoms with E-state index in [1.54, 1.807) is 30.7 Å². The quantitative estimate of drug-likeness (QED) is 0.224. The number of hydrogen-bond donors (Lipinski definition) is 0. The number of esters is 1. The van der Waals surface area contributed by atoms with Gasteiger partial charge >= 0.3 is 5.97 Å². The Balaban J connectivity index is 1.83. The molecule has 4 aromatic rings. The van der Waals surface area contributed by atoms with Crippen LogP contribution in [-0.2, 0) is 30.8 Å². The van der Waals surface area contributed by atoms with Gasteiger partial charge in [-0.25, -0.2) is 22.9 Å². The summed E-state index contributed by atoms with van der Waals surface area (Å²) in [5.41, 5.74) is 1.95. The Bertz CT molecular complexity index is 1510. The maximum Gasteiger partial charge on any atom is 0.341 e. The van der Waals surface area contributed by atoms with E-state index in [9.17, 15) is 13.2 Å². The van der Waals surface area contributed by atoms with Crippen molar-refractivity contribution in [2.75, 3.05) is 26.9 Å². The molecule has 0 N–H and O–H groups in total. The molecule has 0 fully saturated rings. The number of methoxy groups -OCH3 is 1. The SMILES string of the molecule is CCOC(=O)c1cnn(-c2nc3cc(S(=O)(=O)c4cccc(C)c4)c(Cl)cc3n2COCCOC)c1. The van der Waals surface area contributed by atoms with Gasteiger partial charge in [-0.1, -0.05) is 23.7 Å². The second-order valence-corrected chi connectivity index (χ2v) is 10.2. The van der Waals surface area contributed by atoms with E-state index in [1.807, 2.05) is 13.0 Å². The summed E-state index contributed by atoms with van der Waals surface area (Å²) in [4.78, 5) is 16.8. The van der Waals surface area contributed by atoms with Gasteiger partial charge in [0.1, 0.15) is 6.73 Å². The average molecular weight is 533 g/mol. The molecular formula is C24H25ClN4O6S. The van der Waals surface area contributed by atoms with Gasteiger partial charge in [0.15, 0.2) is 0 Å². The number of halogens is 1. The summed E-state index contributed by atoms with van der Waals surface area (Å²) in [6.45, 7) is 4.52. The standard InChI is InChI=1S/C24H25ClN4O6S/c1-4-35-23(30)17-13-26-29(14-17)24-27-20-12-22(36(31,32)18-7-5-6-16(2)10-18)19(25)11-21(20)28(24)15-34-9-8-33-3/h5-7,10-14H,4,8-9,15H2,1-3H3. The predicted octanol–water partition coefficient (Wildman–Crippen LogP) is 3.81. The Hall–Kier alpha value is -3.25. The van der Waals surface area contributed by atoms with Crippen LogP contribution in [0.2, 0.25) is 5.02 Å². The number of fused-ring (bicyclic) bond motifs is 1. The smallest absolute Gasteiger partial charge is 0.341 e. The van der Waals surface area contributed by atoms with E-state index in [0.29, 0.717) is 30.2 Å². The Morgan fingerprint density at radius 2 is 1.97 bits per heavy atom. The van der Waals surface area contributed by atoms with Gasteiger partial charge in [0, 0.05) is 13.3 Å². The van der Waals surface area contributed by atoms with Crippen molar-refractivity contribution in [1.29, 1.82) is 0 Å². The Morgan fingerprint density at radius 3 is 2.69 bits per heavy atom. The number of carbonyl (C=O) groups is 1. The highest BCUT2D eigenvalue weighted by atomic mass is 35.5. The minimum atomic E-state index is -3.90. The number of aromatic nitrogens is 4. The van der Waals surface area contributed by atoms with E-state index in [4.69, 9.17) is 25.8 Å². The van der Waals surface area contributed by atoms with Gasteiger partial charge < -0.3 is 14.2 Å². The van der Waals surface area contributed by atoms with Crippen LogP contribution < -0.4 is 0 Å². The van der Waals surface area contributed by atoms with Crippen LogP contribution in [-0.4, -0.2) is 60.6 Å². The molecule has 0 saturated heterocycles. The molecule has 0 amide bonds. The van der Waals surface area contributed by atoms with Crippen LogP contribution in [0.15, 0.2) is 58.6 Å². The lowest BCUT2D eigenvalue weighted by molar-refractivity contribution is 0.0356. The van der Waals surface area contributed by atoms with Gasteiger partial charge in [-0.05, 0) is 43.7 Å². The summed E-state index contributed by atoms with van der Waals surface area (Å²) < 4.78 is 45.6. The monoisotopic (exact) mass is 532 g/mol. The van der Waals surface area contributed by atoms with Crippen LogP contribution in [0.5, 0.6) is 0 Å². The fraction of sp³-hybridized carbons (Fsp3) is 0.292. The number of sulfone groups is 1. The minimum Gasteiger partial charge on any atom is -0.462 e. The van der Waals surface area contributed by atoms with Crippen LogP contribution in [0.25, 0.3) is 17.0 Å². The molecule has 0 spiro atoms. The summed E-state index contributed by atoms with van der Waals surface area (Å²) in [6, 6.07) is 9.57. The summed E-state index contributed by atoms with van der Waals surface area (Å²) in [6.07, 6.45) is 2.85. The average Bonchev–Trinajstić information content (AvgIpc) is 3.46. The van der Waals surface area contributed by atoms with Gasteiger partial charge in [-0.3, -0.25) is 4.57 Å². The number of ether oxygens (including phenoxy) is 3. The van der Waals surface area contributed by atoms with Crippen LogP contribution in [0.1, 0.15) is 22.8 Å². The molecule has 0 bridgehead atoms. The zero-order chi connectivity index (χ0) is 25.9. The number of benzene rings is 2. The normalized spacial score (nSPS) is 11.8. The van der Waals surface area contributed by atoms with Crippen LogP contribution in [0, 0.1) is 6.92 Å².